The number of aryl methyl sites for hydroxylation is 1. The van der Waals surface area contributed by atoms with Crippen LogP contribution in [0.2, 0.25) is 0 Å². The molecule has 2 N–H and O–H groups in total. The van der Waals surface area contributed by atoms with E-state index >= 15 is 0 Å². The minimum atomic E-state index is -0.239. The van der Waals surface area contributed by atoms with E-state index in [9.17, 15) is 5.11 Å². The van der Waals surface area contributed by atoms with E-state index in [1.54, 1.807) is 0 Å². The molecule has 0 radical (unpaired) electrons. The van der Waals surface area contributed by atoms with E-state index in [2.05, 4.69) is 43.4 Å². The van der Waals surface area contributed by atoms with Gasteiger partial charge in [0, 0.05) is 12.6 Å². The summed E-state index contributed by atoms with van der Waals surface area (Å²) < 4.78 is 0. The van der Waals surface area contributed by atoms with Gasteiger partial charge < -0.3 is 10.4 Å². The number of hydrogen-bond acceptors (Lipinski definition) is 2. The number of benzene rings is 1. The van der Waals surface area contributed by atoms with Gasteiger partial charge >= 0.3 is 0 Å². The maximum Gasteiger partial charge on any atom is 0.0662 e. The van der Waals surface area contributed by atoms with Crippen molar-refractivity contribution in [3.63, 3.8) is 0 Å². The van der Waals surface area contributed by atoms with Gasteiger partial charge in [0.2, 0.25) is 0 Å². The second kappa shape index (κ2) is 6.66. The third-order valence-electron chi connectivity index (χ3n) is 3.02. The van der Waals surface area contributed by atoms with Crippen molar-refractivity contribution in [3.05, 3.63) is 35.4 Å². The SMILES string of the molecule is CCc1ccc(C(C)NCC(O)CC)cc1. The molecule has 16 heavy (non-hydrogen) atoms. The number of hydrogen-bond donors (Lipinski definition) is 2. The van der Waals surface area contributed by atoms with Gasteiger partial charge in [0.05, 0.1) is 6.10 Å². The Morgan fingerprint density at radius 1 is 1.19 bits per heavy atom. The third-order valence-corrected chi connectivity index (χ3v) is 3.02. The normalized spacial score (nSPS) is 14.8. The second-order valence-corrected chi connectivity index (χ2v) is 4.29. The molecule has 0 bridgehead atoms. The lowest BCUT2D eigenvalue weighted by atomic mass is 10.0. The Bertz CT molecular complexity index is 294. The van der Waals surface area contributed by atoms with E-state index in [-0.39, 0.29) is 6.10 Å². The fraction of sp³-hybridized carbons (Fsp3) is 0.571. The number of aliphatic hydroxyl groups excluding tert-OH is 1. The van der Waals surface area contributed by atoms with Gasteiger partial charge in [0.1, 0.15) is 0 Å². The standard InChI is InChI=1S/C14H23NO/c1-4-12-6-8-13(9-7-12)11(3)15-10-14(16)5-2/h6-9,11,14-16H,4-5,10H2,1-3H3. The Labute approximate surface area is 98.7 Å². The summed E-state index contributed by atoms with van der Waals surface area (Å²) in [5, 5.41) is 12.8. The average molecular weight is 221 g/mol. The molecule has 2 atom stereocenters. The van der Waals surface area contributed by atoms with E-state index in [1.807, 2.05) is 6.92 Å². The van der Waals surface area contributed by atoms with Crippen molar-refractivity contribution >= 4 is 0 Å². The Kier molecular flexibility index (Phi) is 5.50. The molecule has 1 rings (SSSR count). The Morgan fingerprint density at radius 2 is 1.81 bits per heavy atom. The van der Waals surface area contributed by atoms with Gasteiger partial charge in [-0.1, -0.05) is 38.1 Å². The minimum Gasteiger partial charge on any atom is -0.392 e. The first-order chi connectivity index (χ1) is 7.67. The van der Waals surface area contributed by atoms with E-state index < -0.39 is 0 Å². The molecule has 0 saturated carbocycles. The Hall–Kier alpha value is -0.860. The molecule has 0 aromatic heterocycles. The number of rotatable bonds is 6. The van der Waals surface area contributed by atoms with Gasteiger partial charge in [-0.3, -0.25) is 0 Å². The molecule has 0 fully saturated rings. The fourth-order valence-electron chi connectivity index (χ4n) is 1.62. The maximum atomic E-state index is 9.47. The summed E-state index contributed by atoms with van der Waals surface area (Å²) >= 11 is 0. The molecule has 2 heteroatoms. The van der Waals surface area contributed by atoms with E-state index in [0.717, 1.165) is 12.8 Å². The van der Waals surface area contributed by atoms with E-state index in [4.69, 9.17) is 0 Å². The summed E-state index contributed by atoms with van der Waals surface area (Å²) in [4.78, 5) is 0. The number of nitrogens with one attached hydrogen (secondary N) is 1. The summed E-state index contributed by atoms with van der Waals surface area (Å²) in [5.74, 6) is 0. The fourth-order valence-corrected chi connectivity index (χ4v) is 1.62. The second-order valence-electron chi connectivity index (χ2n) is 4.29. The molecular formula is C14H23NO. The van der Waals surface area contributed by atoms with Gasteiger partial charge in [-0.2, -0.15) is 0 Å². The van der Waals surface area contributed by atoms with Crippen molar-refractivity contribution < 1.29 is 5.11 Å². The van der Waals surface area contributed by atoms with Crippen LogP contribution in [0, 0.1) is 0 Å². The predicted octanol–water partition coefficient (Wildman–Crippen LogP) is 2.67. The lowest BCUT2D eigenvalue weighted by Crippen LogP contribution is -2.28. The van der Waals surface area contributed by atoms with Crippen LogP contribution in [0.5, 0.6) is 0 Å². The van der Waals surface area contributed by atoms with Crippen LogP contribution in [0.1, 0.15) is 44.4 Å². The summed E-state index contributed by atoms with van der Waals surface area (Å²) in [7, 11) is 0. The first kappa shape index (κ1) is 13.2. The van der Waals surface area contributed by atoms with Gasteiger partial charge in [0.15, 0.2) is 0 Å². The van der Waals surface area contributed by atoms with Crippen LogP contribution in [0.15, 0.2) is 24.3 Å². The average Bonchev–Trinajstić information content (AvgIpc) is 2.35. The molecule has 0 saturated heterocycles. The highest BCUT2D eigenvalue weighted by atomic mass is 16.3. The van der Waals surface area contributed by atoms with Crippen molar-refractivity contribution in [1.29, 1.82) is 0 Å². The minimum absolute atomic E-state index is 0.239. The predicted molar refractivity (Wildman–Crippen MR) is 68.5 cm³/mol. The monoisotopic (exact) mass is 221 g/mol. The summed E-state index contributed by atoms with van der Waals surface area (Å²) in [6.07, 6.45) is 1.64. The molecule has 0 spiro atoms. The molecule has 0 amide bonds. The molecule has 1 aromatic carbocycles. The molecular weight excluding hydrogens is 198 g/mol. The maximum absolute atomic E-state index is 9.47. The highest BCUT2D eigenvalue weighted by molar-refractivity contribution is 5.24. The quantitative estimate of drug-likeness (QED) is 0.774. The van der Waals surface area contributed by atoms with Gasteiger partial charge in [-0.15, -0.1) is 0 Å². The molecule has 0 heterocycles. The molecule has 0 aliphatic carbocycles. The van der Waals surface area contributed by atoms with Crippen LogP contribution < -0.4 is 5.32 Å². The molecule has 1 aromatic rings. The number of aliphatic hydroxyl groups is 1. The smallest absolute Gasteiger partial charge is 0.0662 e. The summed E-state index contributed by atoms with van der Waals surface area (Å²) in [6.45, 7) is 6.94. The summed E-state index contributed by atoms with van der Waals surface area (Å²) in [5.41, 5.74) is 2.64. The Morgan fingerprint density at radius 3 is 2.31 bits per heavy atom. The van der Waals surface area contributed by atoms with Crippen molar-refractivity contribution in [3.8, 4) is 0 Å². The van der Waals surface area contributed by atoms with Crippen LogP contribution in [-0.4, -0.2) is 17.8 Å². The van der Waals surface area contributed by atoms with Crippen LogP contribution in [0.25, 0.3) is 0 Å². The zero-order valence-corrected chi connectivity index (χ0v) is 10.5. The molecule has 90 valence electrons. The summed E-state index contributed by atoms with van der Waals surface area (Å²) in [6, 6.07) is 8.96. The van der Waals surface area contributed by atoms with Crippen LogP contribution in [-0.2, 0) is 6.42 Å². The van der Waals surface area contributed by atoms with E-state index in [1.165, 1.54) is 11.1 Å². The lowest BCUT2D eigenvalue weighted by molar-refractivity contribution is 0.164. The van der Waals surface area contributed by atoms with E-state index in [0.29, 0.717) is 12.6 Å². The molecule has 0 aliphatic rings. The molecule has 2 unspecified atom stereocenters. The van der Waals surface area contributed by atoms with Gasteiger partial charge in [0.25, 0.3) is 0 Å². The first-order valence-corrected chi connectivity index (χ1v) is 6.17. The van der Waals surface area contributed by atoms with Crippen molar-refractivity contribution in [2.75, 3.05) is 6.54 Å². The zero-order valence-electron chi connectivity index (χ0n) is 10.5. The highest BCUT2D eigenvalue weighted by Gasteiger charge is 2.06. The largest absolute Gasteiger partial charge is 0.392 e. The highest BCUT2D eigenvalue weighted by Crippen LogP contribution is 2.13. The van der Waals surface area contributed by atoms with Crippen LogP contribution >= 0.6 is 0 Å². The zero-order chi connectivity index (χ0) is 12.0. The Balaban J connectivity index is 2.49. The van der Waals surface area contributed by atoms with Crippen LogP contribution in [0.3, 0.4) is 0 Å². The third kappa shape index (κ3) is 3.95. The van der Waals surface area contributed by atoms with Crippen LogP contribution in [0.4, 0.5) is 0 Å². The van der Waals surface area contributed by atoms with Crippen molar-refractivity contribution in [2.45, 2.75) is 45.8 Å². The first-order valence-electron chi connectivity index (χ1n) is 6.17. The molecule has 2 nitrogen and oxygen atoms in total. The van der Waals surface area contributed by atoms with Crippen molar-refractivity contribution in [2.24, 2.45) is 0 Å². The lowest BCUT2D eigenvalue weighted by Gasteiger charge is -2.16. The van der Waals surface area contributed by atoms with Gasteiger partial charge in [-0.05, 0) is 30.9 Å². The van der Waals surface area contributed by atoms with Crippen molar-refractivity contribution in [1.82, 2.24) is 5.32 Å². The topological polar surface area (TPSA) is 32.3 Å². The van der Waals surface area contributed by atoms with Gasteiger partial charge in [-0.25, -0.2) is 0 Å². The molecule has 0 aliphatic heterocycles.